The van der Waals surface area contributed by atoms with Crippen LogP contribution in [0.4, 0.5) is 0 Å². The van der Waals surface area contributed by atoms with Crippen LogP contribution in [0.15, 0.2) is 96.6 Å². The predicted molar refractivity (Wildman–Crippen MR) is 111 cm³/mol. The predicted octanol–water partition coefficient (Wildman–Crippen LogP) is 5.82. The molecular formula is C24H16N2S. The summed E-state index contributed by atoms with van der Waals surface area (Å²) in [6.07, 6.45) is 12.5. The molecule has 0 aliphatic heterocycles. The molecule has 2 atom stereocenters. The van der Waals surface area contributed by atoms with E-state index in [9.17, 15) is 5.26 Å². The van der Waals surface area contributed by atoms with Crippen molar-refractivity contribution in [1.29, 1.82) is 5.26 Å². The van der Waals surface area contributed by atoms with Crippen molar-refractivity contribution in [1.82, 2.24) is 4.98 Å². The first-order valence-corrected chi connectivity index (χ1v) is 9.74. The molecule has 0 bridgehead atoms. The molecule has 2 aromatic carbocycles. The highest BCUT2D eigenvalue weighted by Crippen LogP contribution is 2.54. The number of rotatable bonds is 2. The van der Waals surface area contributed by atoms with Crippen molar-refractivity contribution in [3.05, 3.63) is 107 Å². The van der Waals surface area contributed by atoms with E-state index in [0.29, 0.717) is 0 Å². The summed E-state index contributed by atoms with van der Waals surface area (Å²) in [6, 6.07) is 21.0. The van der Waals surface area contributed by atoms with E-state index < -0.39 is 5.41 Å². The number of fused-ring (bicyclic) bond motifs is 2. The molecule has 0 radical (unpaired) electrons. The van der Waals surface area contributed by atoms with Crippen LogP contribution >= 0.6 is 11.3 Å². The lowest BCUT2D eigenvalue weighted by molar-refractivity contribution is 0.598. The average molecular weight is 364 g/mol. The molecular weight excluding hydrogens is 348 g/mol. The fourth-order valence-electron chi connectivity index (χ4n) is 4.00. The minimum absolute atomic E-state index is 0.0479. The monoisotopic (exact) mass is 364 g/mol. The Hall–Kier alpha value is -3.22. The first kappa shape index (κ1) is 16.0. The van der Waals surface area contributed by atoms with Gasteiger partial charge in [0.25, 0.3) is 0 Å². The van der Waals surface area contributed by atoms with Crippen LogP contribution < -0.4 is 0 Å². The molecule has 3 heteroatoms. The third kappa shape index (κ3) is 2.34. The summed E-state index contributed by atoms with van der Waals surface area (Å²) in [5, 5.41) is 11.4. The topological polar surface area (TPSA) is 36.7 Å². The van der Waals surface area contributed by atoms with Crippen molar-refractivity contribution in [2.45, 2.75) is 5.41 Å². The zero-order chi connectivity index (χ0) is 18.3. The van der Waals surface area contributed by atoms with Gasteiger partial charge >= 0.3 is 0 Å². The van der Waals surface area contributed by atoms with Crippen LogP contribution in [-0.2, 0) is 5.41 Å². The molecule has 2 unspecified atom stereocenters. The van der Waals surface area contributed by atoms with Gasteiger partial charge in [-0.25, -0.2) is 4.98 Å². The third-order valence-corrected chi connectivity index (χ3v) is 6.44. The van der Waals surface area contributed by atoms with Crippen molar-refractivity contribution in [2.75, 3.05) is 0 Å². The quantitative estimate of drug-likeness (QED) is 0.574. The van der Waals surface area contributed by atoms with E-state index >= 15 is 0 Å². The lowest BCUT2D eigenvalue weighted by Gasteiger charge is -2.28. The summed E-state index contributed by atoms with van der Waals surface area (Å²) >= 11 is 1.62. The maximum Gasteiger partial charge on any atom is 0.144 e. The van der Waals surface area contributed by atoms with Crippen LogP contribution in [0.3, 0.4) is 0 Å². The number of benzene rings is 2. The third-order valence-electron chi connectivity index (χ3n) is 5.27. The minimum Gasteiger partial charge on any atom is -0.239 e. The number of hydrogen-bond donors (Lipinski definition) is 0. The average Bonchev–Trinajstić information content (AvgIpc) is 3.20. The molecule has 0 saturated heterocycles. The summed E-state index contributed by atoms with van der Waals surface area (Å²) in [4.78, 5) is 4.91. The van der Waals surface area contributed by atoms with Gasteiger partial charge in [-0.05, 0) is 28.8 Å². The Morgan fingerprint density at radius 1 is 0.963 bits per heavy atom. The molecule has 3 aromatic rings. The Bertz CT molecular complexity index is 1150. The van der Waals surface area contributed by atoms with E-state index in [1.54, 1.807) is 11.3 Å². The van der Waals surface area contributed by atoms with Crippen LogP contribution in [0.25, 0.3) is 15.8 Å². The minimum atomic E-state index is -0.820. The first-order chi connectivity index (χ1) is 13.3. The Balaban J connectivity index is 1.81. The van der Waals surface area contributed by atoms with Crippen molar-refractivity contribution in [3.8, 4) is 6.07 Å². The molecule has 128 valence electrons. The molecule has 0 spiro atoms. The summed E-state index contributed by atoms with van der Waals surface area (Å²) in [7, 11) is 0. The lowest BCUT2D eigenvalue weighted by Crippen LogP contribution is -2.31. The molecule has 27 heavy (non-hydrogen) atoms. The maximum atomic E-state index is 10.6. The number of para-hydroxylation sites is 1. The van der Waals surface area contributed by atoms with Gasteiger partial charge in [-0.2, -0.15) is 5.26 Å². The normalized spacial score (nSPS) is 23.4. The Morgan fingerprint density at radius 2 is 1.78 bits per heavy atom. The molecule has 0 N–H and O–H groups in total. The Kier molecular flexibility index (Phi) is 3.67. The molecule has 0 amide bonds. The summed E-state index contributed by atoms with van der Waals surface area (Å²) in [5.41, 5.74) is 3.39. The summed E-state index contributed by atoms with van der Waals surface area (Å²) < 4.78 is 1.11. The van der Waals surface area contributed by atoms with Gasteiger partial charge in [0.2, 0.25) is 0 Å². The molecule has 0 fully saturated rings. The summed E-state index contributed by atoms with van der Waals surface area (Å²) in [5.74, 6) is -0.0479. The zero-order valence-electron chi connectivity index (χ0n) is 14.5. The van der Waals surface area contributed by atoms with Gasteiger partial charge in [0.1, 0.15) is 10.4 Å². The number of nitrogens with zero attached hydrogens (tertiary/aromatic N) is 2. The first-order valence-electron chi connectivity index (χ1n) is 8.93. The van der Waals surface area contributed by atoms with Crippen LogP contribution in [0, 0.1) is 17.2 Å². The standard InChI is InChI=1S/C24H16N2S/c25-16-24(23-26-21-13-7-8-14-22(21)27-23)19-12-6-2-5-11-18(19)15-20(24)17-9-3-1-4-10-17/h1-15,19H. The highest BCUT2D eigenvalue weighted by Gasteiger charge is 2.51. The Morgan fingerprint density at radius 3 is 2.59 bits per heavy atom. The van der Waals surface area contributed by atoms with Gasteiger partial charge in [-0.15, -0.1) is 11.3 Å². The SMILES string of the molecule is N#CC1(c2nc3ccccc3s2)C(c2ccccc2)=CC2=CC=CC=CC21. The molecule has 2 aliphatic carbocycles. The van der Waals surface area contributed by atoms with Gasteiger partial charge in [-0.1, -0.05) is 78.9 Å². The molecule has 1 heterocycles. The van der Waals surface area contributed by atoms with Crippen molar-refractivity contribution < 1.29 is 0 Å². The fraction of sp³-hybridized carbons (Fsp3) is 0.0833. The fourth-order valence-corrected chi connectivity index (χ4v) is 5.16. The number of thiazole rings is 1. The number of aromatic nitrogens is 1. The molecule has 2 aliphatic rings. The van der Waals surface area contributed by atoms with Crippen LogP contribution in [0.5, 0.6) is 0 Å². The Labute approximate surface area is 162 Å². The second kappa shape index (κ2) is 6.19. The maximum absolute atomic E-state index is 10.6. The van der Waals surface area contributed by atoms with Gasteiger partial charge in [-0.3, -0.25) is 0 Å². The van der Waals surface area contributed by atoms with E-state index in [1.165, 1.54) is 0 Å². The second-order valence-corrected chi connectivity index (χ2v) is 7.78. The van der Waals surface area contributed by atoms with Crippen LogP contribution in [-0.4, -0.2) is 4.98 Å². The lowest BCUT2D eigenvalue weighted by atomic mass is 9.72. The second-order valence-electron chi connectivity index (χ2n) is 6.74. The highest BCUT2D eigenvalue weighted by atomic mass is 32.1. The molecule has 2 nitrogen and oxygen atoms in total. The molecule has 0 saturated carbocycles. The van der Waals surface area contributed by atoms with E-state index in [2.05, 4.69) is 42.5 Å². The molecule has 1 aromatic heterocycles. The van der Waals surface area contributed by atoms with Gasteiger partial charge in [0.05, 0.1) is 16.3 Å². The molecule has 5 rings (SSSR count). The van der Waals surface area contributed by atoms with Gasteiger partial charge in [0, 0.05) is 5.92 Å². The van der Waals surface area contributed by atoms with Gasteiger partial charge < -0.3 is 0 Å². The van der Waals surface area contributed by atoms with E-state index in [1.807, 2.05) is 54.6 Å². The smallest absolute Gasteiger partial charge is 0.144 e. The largest absolute Gasteiger partial charge is 0.239 e. The zero-order valence-corrected chi connectivity index (χ0v) is 15.4. The van der Waals surface area contributed by atoms with E-state index in [0.717, 1.165) is 31.9 Å². The number of hydrogen-bond acceptors (Lipinski definition) is 3. The van der Waals surface area contributed by atoms with Crippen molar-refractivity contribution >= 4 is 27.1 Å². The van der Waals surface area contributed by atoms with Crippen molar-refractivity contribution in [2.24, 2.45) is 5.92 Å². The summed E-state index contributed by atoms with van der Waals surface area (Å²) in [6.45, 7) is 0. The van der Waals surface area contributed by atoms with E-state index in [4.69, 9.17) is 4.98 Å². The number of nitriles is 1. The van der Waals surface area contributed by atoms with Crippen molar-refractivity contribution in [3.63, 3.8) is 0 Å². The van der Waals surface area contributed by atoms with E-state index in [-0.39, 0.29) is 5.92 Å². The highest BCUT2D eigenvalue weighted by molar-refractivity contribution is 7.18. The van der Waals surface area contributed by atoms with Gasteiger partial charge in [0.15, 0.2) is 0 Å². The number of allylic oxidation sites excluding steroid dienone is 8. The van der Waals surface area contributed by atoms with Crippen LogP contribution in [0.2, 0.25) is 0 Å². The van der Waals surface area contributed by atoms with Crippen LogP contribution in [0.1, 0.15) is 10.6 Å².